The summed E-state index contributed by atoms with van der Waals surface area (Å²) in [6.07, 6.45) is 0. The normalized spacial score (nSPS) is 16.3. The van der Waals surface area contributed by atoms with E-state index < -0.39 is 5.92 Å². The summed E-state index contributed by atoms with van der Waals surface area (Å²) in [7, 11) is 0. The van der Waals surface area contributed by atoms with E-state index in [1.54, 1.807) is 24.3 Å². The van der Waals surface area contributed by atoms with Gasteiger partial charge in [-0.25, -0.2) is 0 Å². The Hall–Kier alpha value is -1.84. The van der Waals surface area contributed by atoms with Crippen LogP contribution in [0.5, 0.6) is 5.75 Å². The lowest BCUT2D eigenvalue weighted by Crippen LogP contribution is -2.29. The van der Waals surface area contributed by atoms with Gasteiger partial charge in [-0.05, 0) is 30.3 Å². The first-order valence-corrected chi connectivity index (χ1v) is 8.82. The van der Waals surface area contributed by atoms with Gasteiger partial charge < -0.3 is 4.74 Å². The number of hydrogen-bond donors (Lipinski definition) is 0. The fourth-order valence-corrected chi connectivity index (χ4v) is 4.14. The number of halogens is 1. The summed E-state index contributed by atoms with van der Waals surface area (Å²) >= 11 is 12.6. The highest BCUT2D eigenvalue weighted by atomic mass is 35.5. The number of carbonyl (C=O) groups is 1. The molecule has 0 saturated heterocycles. The van der Waals surface area contributed by atoms with E-state index in [2.05, 4.69) is 12.3 Å². The Labute approximate surface area is 155 Å². The summed E-state index contributed by atoms with van der Waals surface area (Å²) in [4.78, 5) is 14.0. The van der Waals surface area contributed by atoms with E-state index in [4.69, 9.17) is 28.6 Å². The van der Waals surface area contributed by atoms with Crippen LogP contribution in [0.3, 0.4) is 0 Å². The monoisotopic (exact) mass is 372 g/mol. The molecule has 0 spiro atoms. The molecule has 5 heteroatoms. The molecule has 0 saturated carbocycles. The molecule has 1 atom stereocenters. The predicted molar refractivity (Wildman–Crippen MR) is 102 cm³/mol. The van der Waals surface area contributed by atoms with Crippen molar-refractivity contribution in [1.29, 1.82) is 0 Å². The Morgan fingerprint density at radius 3 is 2.67 bits per heavy atom. The van der Waals surface area contributed by atoms with Crippen LogP contribution in [-0.2, 0) is 4.79 Å². The number of ether oxygens (including phenoxy) is 1. The molecule has 1 unspecified atom stereocenters. The van der Waals surface area contributed by atoms with Gasteiger partial charge in [0, 0.05) is 25.9 Å². The Morgan fingerprint density at radius 2 is 1.96 bits per heavy atom. The summed E-state index contributed by atoms with van der Waals surface area (Å²) < 4.78 is 5.73. The molecule has 1 aliphatic rings. The smallest absolute Gasteiger partial charge is 0.206 e. The summed E-state index contributed by atoms with van der Waals surface area (Å²) in [6, 6.07) is 14.7. The zero-order valence-electron chi connectivity index (χ0n) is 12.6. The van der Waals surface area contributed by atoms with Crippen molar-refractivity contribution in [3.05, 3.63) is 77.0 Å². The van der Waals surface area contributed by atoms with Crippen LogP contribution in [0.25, 0.3) is 0 Å². The molecule has 0 aromatic heterocycles. The SMILES string of the molecule is C=C=C(COc1ccc(Cl)cc1)C1C(=O)Sc2ccccc2C1=S. The number of hydrogen-bond acceptors (Lipinski definition) is 4. The highest BCUT2D eigenvalue weighted by Gasteiger charge is 2.34. The first kappa shape index (κ1) is 17.0. The number of benzene rings is 2. The van der Waals surface area contributed by atoms with E-state index in [0.29, 0.717) is 21.2 Å². The largest absolute Gasteiger partial charge is 0.489 e. The van der Waals surface area contributed by atoms with Gasteiger partial charge in [-0.2, -0.15) is 0 Å². The van der Waals surface area contributed by atoms with Gasteiger partial charge in [0.2, 0.25) is 5.12 Å². The van der Waals surface area contributed by atoms with Crippen LogP contribution in [0.15, 0.2) is 71.3 Å². The van der Waals surface area contributed by atoms with Crippen LogP contribution in [0.1, 0.15) is 5.56 Å². The Kier molecular flexibility index (Phi) is 5.22. The zero-order chi connectivity index (χ0) is 17.1. The van der Waals surface area contributed by atoms with Crippen molar-refractivity contribution in [2.45, 2.75) is 4.90 Å². The third-order valence-corrected chi connectivity index (χ3v) is 5.36. The molecule has 0 bridgehead atoms. The van der Waals surface area contributed by atoms with Gasteiger partial charge in [-0.1, -0.05) is 60.4 Å². The average Bonchev–Trinajstić information content (AvgIpc) is 2.59. The van der Waals surface area contributed by atoms with Crippen LogP contribution in [-0.4, -0.2) is 16.6 Å². The Balaban J connectivity index is 1.81. The minimum atomic E-state index is -0.537. The average molecular weight is 373 g/mol. The molecule has 0 amide bonds. The van der Waals surface area contributed by atoms with E-state index in [0.717, 1.165) is 10.5 Å². The number of fused-ring (bicyclic) bond motifs is 1. The summed E-state index contributed by atoms with van der Waals surface area (Å²) in [6.45, 7) is 3.90. The first-order chi connectivity index (χ1) is 11.6. The lowest BCUT2D eigenvalue weighted by Gasteiger charge is -2.25. The maximum absolute atomic E-state index is 12.5. The van der Waals surface area contributed by atoms with Crippen molar-refractivity contribution in [3.63, 3.8) is 0 Å². The van der Waals surface area contributed by atoms with E-state index in [-0.39, 0.29) is 11.7 Å². The molecule has 0 radical (unpaired) electrons. The first-order valence-electron chi connectivity index (χ1n) is 7.22. The van der Waals surface area contributed by atoms with Crippen LogP contribution in [0.2, 0.25) is 5.02 Å². The fourth-order valence-electron chi connectivity index (χ4n) is 2.42. The summed E-state index contributed by atoms with van der Waals surface area (Å²) in [5.74, 6) is 0.124. The van der Waals surface area contributed by atoms with Gasteiger partial charge in [-0.3, -0.25) is 4.79 Å². The third-order valence-electron chi connectivity index (χ3n) is 3.64. The molecule has 3 rings (SSSR count). The number of thioether (sulfide) groups is 1. The molecule has 2 aromatic carbocycles. The van der Waals surface area contributed by atoms with Gasteiger partial charge in [0.25, 0.3) is 0 Å². The van der Waals surface area contributed by atoms with Crippen LogP contribution >= 0.6 is 35.6 Å². The van der Waals surface area contributed by atoms with E-state index in [1.807, 2.05) is 24.3 Å². The molecular weight excluding hydrogens is 360 g/mol. The van der Waals surface area contributed by atoms with Crippen molar-refractivity contribution in [2.75, 3.05) is 6.61 Å². The van der Waals surface area contributed by atoms with E-state index >= 15 is 0 Å². The molecule has 1 heterocycles. The lowest BCUT2D eigenvalue weighted by molar-refractivity contribution is -0.112. The van der Waals surface area contributed by atoms with Crippen molar-refractivity contribution < 1.29 is 9.53 Å². The van der Waals surface area contributed by atoms with Crippen molar-refractivity contribution in [1.82, 2.24) is 0 Å². The summed E-state index contributed by atoms with van der Waals surface area (Å²) in [5.41, 5.74) is 4.40. The Morgan fingerprint density at radius 1 is 1.25 bits per heavy atom. The molecule has 0 fully saturated rings. The lowest BCUT2D eigenvalue weighted by atomic mass is 9.92. The van der Waals surface area contributed by atoms with Gasteiger partial charge >= 0.3 is 0 Å². The Bertz CT molecular complexity index is 852. The molecule has 24 heavy (non-hydrogen) atoms. The van der Waals surface area contributed by atoms with Gasteiger partial charge in [0.1, 0.15) is 12.4 Å². The highest BCUT2D eigenvalue weighted by molar-refractivity contribution is 8.14. The second-order valence-electron chi connectivity index (χ2n) is 5.16. The standard InChI is InChI=1S/C19H13ClO2S2/c1-2-12(11-22-14-9-7-13(20)8-10-14)17-18(23)15-5-3-4-6-16(15)24-19(17)21/h3-10,17H,1,11H2. The topological polar surface area (TPSA) is 26.3 Å². The fraction of sp³-hybridized carbons (Fsp3) is 0.105. The quantitative estimate of drug-likeness (QED) is 0.551. The molecular formula is C19H13ClO2S2. The van der Waals surface area contributed by atoms with Crippen LogP contribution < -0.4 is 4.74 Å². The molecule has 1 aliphatic heterocycles. The van der Waals surface area contributed by atoms with Crippen molar-refractivity contribution >= 4 is 45.6 Å². The molecule has 2 nitrogen and oxygen atoms in total. The third kappa shape index (κ3) is 3.47. The minimum Gasteiger partial charge on any atom is -0.489 e. The van der Waals surface area contributed by atoms with E-state index in [9.17, 15) is 4.79 Å². The van der Waals surface area contributed by atoms with Gasteiger partial charge in [0.05, 0.1) is 5.92 Å². The maximum atomic E-state index is 12.5. The second-order valence-corrected chi connectivity index (χ2v) is 7.08. The highest BCUT2D eigenvalue weighted by Crippen LogP contribution is 2.37. The zero-order valence-corrected chi connectivity index (χ0v) is 15.0. The minimum absolute atomic E-state index is 0.0236. The van der Waals surface area contributed by atoms with Crippen LogP contribution in [0.4, 0.5) is 0 Å². The predicted octanol–water partition coefficient (Wildman–Crippen LogP) is 5.10. The second kappa shape index (κ2) is 7.37. The maximum Gasteiger partial charge on any atom is 0.206 e. The van der Waals surface area contributed by atoms with Crippen LogP contribution in [0, 0.1) is 5.92 Å². The molecule has 120 valence electrons. The van der Waals surface area contributed by atoms with E-state index in [1.165, 1.54) is 11.8 Å². The molecule has 0 aliphatic carbocycles. The number of rotatable bonds is 4. The number of thiocarbonyl (C=S) groups is 1. The van der Waals surface area contributed by atoms with Gasteiger partial charge in [0.15, 0.2) is 0 Å². The molecule has 0 N–H and O–H groups in total. The van der Waals surface area contributed by atoms with Crippen molar-refractivity contribution in [2.24, 2.45) is 5.92 Å². The molecule has 2 aromatic rings. The summed E-state index contributed by atoms with van der Waals surface area (Å²) in [5, 5.41) is 0.614. The van der Waals surface area contributed by atoms with Gasteiger partial charge in [-0.15, -0.1) is 5.73 Å². The number of carbonyl (C=O) groups excluding carboxylic acids is 1. The van der Waals surface area contributed by atoms with Crippen molar-refractivity contribution in [3.8, 4) is 5.75 Å².